The van der Waals surface area contributed by atoms with Gasteiger partial charge in [0.2, 0.25) is 11.8 Å². The van der Waals surface area contributed by atoms with Crippen LogP contribution in [0.2, 0.25) is 0 Å². The lowest BCUT2D eigenvalue weighted by atomic mass is 9.93. The number of hydrogen-bond acceptors (Lipinski definition) is 6. The molecule has 3 atom stereocenters. The second kappa shape index (κ2) is 15.3. The minimum atomic E-state index is -0.948. The van der Waals surface area contributed by atoms with E-state index >= 15 is 0 Å². The van der Waals surface area contributed by atoms with Crippen LogP contribution in [0.15, 0.2) is 18.2 Å². The highest BCUT2D eigenvalue weighted by molar-refractivity contribution is 5.92. The zero-order valence-electron chi connectivity index (χ0n) is 24.6. The first-order chi connectivity index (χ1) is 17.7. The van der Waals surface area contributed by atoms with E-state index in [1.54, 1.807) is 27.7 Å². The molecule has 0 aliphatic rings. The van der Waals surface area contributed by atoms with Gasteiger partial charge in [-0.2, -0.15) is 0 Å². The summed E-state index contributed by atoms with van der Waals surface area (Å²) < 4.78 is 10.4. The molecule has 3 unspecified atom stereocenters. The largest absolute Gasteiger partial charge is 0.466 e. The molecule has 38 heavy (non-hydrogen) atoms. The van der Waals surface area contributed by atoms with Crippen molar-refractivity contribution in [1.82, 2.24) is 15.5 Å². The molecule has 214 valence electrons. The molecule has 0 saturated heterocycles. The van der Waals surface area contributed by atoms with Crippen LogP contribution in [0.4, 0.5) is 4.79 Å². The minimum Gasteiger partial charge on any atom is -0.466 e. The first-order valence-electron chi connectivity index (χ1n) is 13.6. The number of ether oxygens (including phenoxy) is 2. The Labute approximate surface area is 228 Å². The first kappa shape index (κ1) is 32.9. The number of nitrogens with zero attached hydrogens (tertiary/aromatic N) is 1. The predicted octanol–water partition coefficient (Wildman–Crippen LogP) is 4.59. The smallest absolute Gasteiger partial charge is 0.408 e. The molecule has 1 aromatic rings. The lowest BCUT2D eigenvalue weighted by Crippen LogP contribution is -2.55. The Morgan fingerprint density at radius 1 is 1.05 bits per heavy atom. The van der Waals surface area contributed by atoms with Gasteiger partial charge >= 0.3 is 12.1 Å². The predicted molar refractivity (Wildman–Crippen MR) is 148 cm³/mol. The first-order valence-corrected chi connectivity index (χ1v) is 13.6. The maximum absolute atomic E-state index is 14.1. The van der Waals surface area contributed by atoms with Gasteiger partial charge in [-0.15, -0.1) is 0 Å². The van der Waals surface area contributed by atoms with E-state index in [0.29, 0.717) is 24.9 Å². The summed E-state index contributed by atoms with van der Waals surface area (Å²) in [5.74, 6) is -1.38. The molecule has 1 aromatic carbocycles. The van der Waals surface area contributed by atoms with Crippen LogP contribution in [0.3, 0.4) is 0 Å². The topological polar surface area (TPSA) is 114 Å². The quantitative estimate of drug-likeness (QED) is 0.359. The number of carbonyl (C=O) groups is 4. The molecule has 0 radical (unpaired) electrons. The lowest BCUT2D eigenvalue weighted by Gasteiger charge is -2.36. The molecule has 0 aromatic heterocycles. The van der Waals surface area contributed by atoms with Crippen molar-refractivity contribution in [3.05, 3.63) is 34.9 Å². The Balaban J connectivity index is 3.46. The molecule has 1 rings (SSSR count). The van der Waals surface area contributed by atoms with Crippen LogP contribution >= 0.6 is 0 Å². The number of aryl methyl sites for hydroxylation is 2. The number of alkyl carbamates (subject to hydrolysis) is 1. The third kappa shape index (κ3) is 10.3. The van der Waals surface area contributed by atoms with Crippen molar-refractivity contribution in [3.8, 4) is 0 Å². The van der Waals surface area contributed by atoms with E-state index in [1.807, 2.05) is 52.8 Å². The zero-order valence-corrected chi connectivity index (χ0v) is 24.6. The summed E-state index contributed by atoms with van der Waals surface area (Å²) in [5.41, 5.74) is 1.77. The second-order valence-corrected chi connectivity index (χ2v) is 10.6. The van der Waals surface area contributed by atoms with E-state index in [4.69, 9.17) is 9.47 Å². The van der Waals surface area contributed by atoms with E-state index in [-0.39, 0.29) is 31.4 Å². The summed E-state index contributed by atoms with van der Waals surface area (Å²) in [6, 6.07) is 3.94. The van der Waals surface area contributed by atoms with Crippen molar-refractivity contribution in [2.24, 2.45) is 5.92 Å². The van der Waals surface area contributed by atoms with E-state index in [1.165, 1.54) is 4.90 Å². The summed E-state index contributed by atoms with van der Waals surface area (Å²) in [7, 11) is 0. The van der Waals surface area contributed by atoms with Gasteiger partial charge in [-0.25, -0.2) is 4.79 Å². The highest BCUT2D eigenvalue weighted by Crippen LogP contribution is 2.28. The summed E-state index contributed by atoms with van der Waals surface area (Å²) in [4.78, 5) is 53.8. The van der Waals surface area contributed by atoms with Crippen LogP contribution in [0.25, 0.3) is 0 Å². The molecule has 0 fully saturated rings. The summed E-state index contributed by atoms with van der Waals surface area (Å²) in [5, 5.41) is 5.58. The molecule has 0 saturated carbocycles. The SMILES string of the molecule is CCCN(C(=O)C(NC(=O)OC(C)(C)C)C(C)CC)C(C(=O)NCCC(=O)OCC)c1cc(C)ccc1C. The minimum absolute atomic E-state index is 0.0243. The Bertz CT molecular complexity index is 956. The standard InChI is InChI=1S/C29H47N3O6/c1-10-17-32(27(35)24(20(5)11-2)31-28(36)38-29(7,8)9)25(22-18-19(4)13-14-21(22)6)26(34)30-16-15-23(33)37-12-3/h13-14,18,20,24-25H,10-12,15-17H2,1-9H3,(H,30,34)(H,31,36). The Hall–Kier alpha value is -3.10. The van der Waals surface area contributed by atoms with Gasteiger partial charge in [0.05, 0.1) is 13.0 Å². The average molecular weight is 534 g/mol. The summed E-state index contributed by atoms with van der Waals surface area (Å²) >= 11 is 0. The van der Waals surface area contributed by atoms with Gasteiger partial charge in [0.15, 0.2) is 0 Å². The highest BCUT2D eigenvalue weighted by Gasteiger charge is 2.38. The van der Waals surface area contributed by atoms with Crippen molar-refractivity contribution >= 4 is 23.9 Å². The van der Waals surface area contributed by atoms with E-state index < -0.39 is 35.7 Å². The third-order valence-electron chi connectivity index (χ3n) is 6.12. The second-order valence-electron chi connectivity index (χ2n) is 10.6. The van der Waals surface area contributed by atoms with E-state index in [0.717, 1.165) is 11.1 Å². The molecule has 0 heterocycles. The van der Waals surface area contributed by atoms with Crippen LogP contribution in [0, 0.1) is 19.8 Å². The van der Waals surface area contributed by atoms with E-state index in [9.17, 15) is 19.2 Å². The summed E-state index contributed by atoms with van der Waals surface area (Å²) in [6.45, 7) is 17.2. The molecular weight excluding hydrogens is 486 g/mol. The third-order valence-corrected chi connectivity index (χ3v) is 6.12. The number of amides is 3. The molecular formula is C29H47N3O6. The van der Waals surface area contributed by atoms with Gasteiger partial charge in [0, 0.05) is 13.1 Å². The van der Waals surface area contributed by atoms with Crippen molar-refractivity contribution < 1.29 is 28.7 Å². The monoisotopic (exact) mass is 533 g/mol. The number of benzene rings is 1. The fraction of sp³-hybridized carbons (Fsp3) is 0.655. The summed E-state index contributed by atoms with van der Waals surface area (Å²) in [6.07, 6.45) is 0.570. The molecule has 3 amide bonds. The fourth-order valence-corrected chi connectivity index (χ4v) is 4.03. The number of rotatable bonds is 13. The average Bonchev–Trinajstić information content (AvgIpc) is 2.82. The van der Waals surface area contributed by atoms with E-state index in [2.05, 4.69) is 10.6 Å². The van der Waals surface area contributed by atoms with Gasteiger partial charge in [0.1, 0.15) is 17.7 Å². The normalized spacial score (nSPS) is 13.6. The van der Waals surface area contributed by atoms with Crippen LogP contribution in [-0.2, 0) is 23.9 Å². The van der Waals surface area contributed by atoms with Gasteiger partial charge in [-0.3, -0.25) is 14.4 Å². The lowest BCUT2D eigenvalue weighted by molar-refractivity contribution is -0.145. The van der Waals surface area contributed by atoms with Crippen LogP contribution in [0.1, 0.15) is 90.5 Å². The molecule has 0 spiro atoms. The van der Waals surface area contributed by atoms with Crippen molar-refractivity contribution in [3.63, 3.8) is 0 Å². The van der Waals surface area contributed by atoms with Crippen LogP contribution in [0.5, 0.6) is 0 Å². The van der Waals surface area contributed by atoms with Crippen molar-refractivity contribution in [2.75, 3.05) is 19.7 Å². The van der Waals surface area contributed by atoms with Crippen LogP contribution < -0.4 is 10.6 Å². The molecule has 0 aliphatic heterocycles. The van der Waals surface area contributed by atoms with Crippen molar-refractivity contribution in [2.45, 2.75) is 99.3 Å². The molecule has 0 bridgehead atoms. The molecule has 0 aliphatic carbocycles. The van der Waals surface area contributed by atoms with Gasteiger partial charge in [0.25, 0.3) is 0 Å². The Morgan fingerprint density at radius 3 is 2.26 bits per heavy atom. The number of carbonyl (C=O) groups excluding carboxylic acids is 4. The number of nitrogens with one attached hydrogen (secondary N) is 2. The Kier molecular flexibility index (Phi) is 13.3. The fourth-order valence-electron chi connectivity index (χ4n) is 4.03. The van der Waals surface area contributed by atoms with Crippen LogP contribution in [-0.4, -0.2) is 60.1 Å². The highest BCUT2D eigenvalue weighted by atomic mass is 16.6. The zero-order chi connectivity index (χ0) is 29.0. The van der Waals surface area contributed by atoms with Gasteiger partial charge in [-0.05, 0) is 65.0 Å². The van der Waals surface area contributed by atoms with Gasteiger partial charge < -0.3 is 25.0 Å². The maximum atomic E-state index is 14.1. The molecule has 9 nitrogen and oxygen atoms in total. The Morgan fingerprint density at radius 2 is 1.71 bits per heavy atom. The maximum Gasteiger partial charge on any atom is 0.408 e. The van der Waals surface area contributed by atoms with Gasteiger partial charge in [-0.1, -0.05) is 51.0 Å². The number of hydrogen-bond donors (Lipinski definition) is 2. The number of esters is 1. The molecule has 2 N–H and O–H groups in total. The van der Waals surface area contributed by atoms with Crippen molar-refractivity contribution in [1.29, 1.82) is 0 Å². The molecule has 9 heteroatoms.